The van der Waals surface area contributed by atoms with Crippen LogP contribution < -0.4 is 0 Å². The van der Waals surface area contributed by atoms with Gasteiger partial charge in [0.05, 0.1) is 16.3 Å². The van der Waals surface area contributed by atoms with Crippen LogP contribution in [0.2, 0.25) is 0 Å². The molecule has 8 heteroatoms. The van der Waals surface area contributed by atoms with Crippen molar-refractivity contribution in [3.8, 4) is 0 Å². The quantitative estimate of drug-likeness (QED) is 0.782. The monoisotopic (exact) mass is 404 g/mol. The van der Waals surface area contributed by atoms with E-state index in [9.17, 15) is 13.2 Å². The van der Waals surface area contributed by atoms with Crippen molar-refractivity contribution in [3.05, 3.63) is 30.1 Å². The predicted molar refractivity (Wildman–Crippen MR) is 109 cm³/mol. The number of benzene rings is 1. The topological polar surface area (TPSA) is 75.5 Å². The summed E-state index contributed by atoms with van der Waals surface area (Å²) in [5.41, 5.74) is 1.39. The fourth-order valence-corrected chi connectivity index (χ4v) is 5.40. The molecule has 1 aromatic heterocycles. The number of piperazine rings is 1. The molecule has 7 nitrogen and oxygen atoms in total. The second-order valence-electron chi connectivity index (χ2n) is 8.07. The minimum Gasteiger partial charge on any atom is -0.336 e. The van der Waals surface area contributed by atoms with Gasteiger partial charge in [-0.25, -0.2) is 17.4 Å². The first-order valence-electron chi connectivity index (χ1n) is 10.1. The standard InChI is InChI=1S/C20H28N4O3S/c1-15(2)28(26,27)24-14-21-19-17(8-5-9-18(19)24)20(25)23-12-10-22(11-13-23)16-6-3-4-7-16/h5,8-9,14-16H,3-4,6-7,10-13H2,1-2H3. The van der Waals surface area contributed by atoms with Crippen LogP contribution in [0, 0.1) is 0 Å². The summed E-state index contributed by atoms with van der Waals surface area (Å²) in [6.07, 6.45) is 6.49. The Morgan fingerprint density at radius 3 is 2.43 bits per heavy atom. The summed E-state index contributed by atoms with van der Waals surface area (Å²) in [5, 5.41) is -0.562. The van der Waals surface area contributed by atoms with E-state index in [-0.39, 0.29) is 5.91 Å². The second kappa shape index (κ2) is 7.48. The smallest absolute Gasteiger partial charge is 0.256 e. The molecule has 1 aliphatic carbocycles. The van der Waals surface area contributed by atoms with E-state index in [0.29, 0.717) is 35.7 Å². The molecule has 0 spiro atoms. The number of amides is 1. The van der Waals surface area contributed by atoms with E-state index in [0.717, 1.165) is 13.1 Å². The Balaban J connectivity index is 1.56. The van der Waals surface area contributed by atoms with Gasteiger partial charge >= 0.3 is 0 Å². The number of rotatable bonds is 4. The highest BCUT2D eigenvalue weighted by molar-refractivity contribution is 7.90. The van der Waals surface area contributed by atoms with Gasteiger partial charge in [-0.3, -0.25) is 9.69 Å². The SMILES string of the molecule is CC(C)S(=O)(=O)n1cnc2c(C(=O)N3CCN(C4CCCC4)CC3)cccc21. The molecule has 0 bridgehead atoms. The van der Waals surface area contributed by atoms with Crippen LogP contribution in [0.1, 0.15) is 49.9 Å². The van der Waals surface area contributed by atoms with Crippen molar-refractivity contribution < 1.29 is 13.2 Å². The fraction of sp³-hybridized carbons (Fsp3) is 0.600. The zero-order chi connectivity index (χ0) is 19.9. The van der Waals surface area contributed by atoms with Crippen LogP contribution in [-0.4, -0.2) is 70.6 Å². The molecule has 0 radical (unpaired) electrons. The maximum absolute atomic E-state index is 13.1. The average molecular weight is 405 g/mol. The first-order valence-corrected chi connectivity index (χ1v) is 11.6. The number of carbonyl (C=O) groups excluding carboxylic acids is 1. The average Bonchev–Trinajstić information content (AvgIpc) is 3.37. The normalized spacial score (nSPS) is 19.8. The lowest BCUT2D eigenvalue weighted by Gasteiger charge is -2.38. The maximum atomic E-state index is 13.1. The van der Waals surface area contributed by atoms with E-state index in [1.807, 2.05) is 4.90 Å². The van der Waals surface area contributed by atoms with E-state index >= 15 is 0 Å². The Kier molecular flexibility index (Phi) is 5.18. The summed E-state index contributed by atoms with van der Waals surface area (Å²) in [6.45, 7) is 6.50. The molecule has 2 heterocycles. The van der Waals surface area contributed by atoms with E-state index in [1.165, 1.54) is 36.0 Å². The van der Waals surface area contributed by atoms with Crippen LogP contribution in [0.5, 0.6) is 0 Å². The molecular weight excluding hydrogens is 376 g/mol. The van der Waals surface area contributed by atoms with Gasteiger partial charge in [-0.05, 0) is 38.8 Å². The van der Waals surface area contributed by atoms with Gasteiger partial charge in [-0.2, -0.15) is 0 Å². The summed E-state index contributed by atoms with van der Waals surface area (Å²) in [5.74, 6) is -0.0659. The molecule has 0 atom stereocenters. The van der Waals surface area contributed by atoms with E-state index in [1.54, 1.807) is 32.0 Å². The summed E-state index contributed by atoms with van der Waals surface area (Å²) in [4.78, 5) is 21.8. The molecular formula is C20H28N4O3S. The second-order valence-corrected chi connectivity index (χ2v) is 10.4. The fourth-order valence-electron chi connectivity index (χ4n) is 4.35. The Morgan fingerprint density at radius 2 is 1.79 bits per heavy atom. The van der Waals surface area contributed by atoms with Crippen LogP contribution in [0.15, 0.2) is 24.5 Å². The van der Waals surface area contributed by atoms with Crippen LogP contribution in [0.3, 0.4) is 0 Å². The molecule has 0 N–H and O–H groups in total. The van der Waals surface area contributed by atoms with Gasteiger partial charge in [-0.1, -0.05) is 18.9 Å². The molecule has 2 aromatic rings. The van der Waals surface area contributed by atoms with Gasteiger partial charge in [0.25, 0.3) is 5.91 Å². The lowest BCUT2D eigenvalue weighted by Crippen LogP contribution is -2.51. The van der Waals surface area contributed by atoms with Crippen molar-refractivity contribution in [3.63, 3.8) is 0 Å². The van der Waals surface area contributed by atoms with Crippen molar-refractivity contribution in [2.45, 2.75) is 50.8 Å². The van der Waals surface area contributed by atoms with Gasteiger partial charge in [0.15, 0.2) is 0 Å². The molecule has 1 saturated carbocycles. The Bertz CT molecular complexity index is 968. The number of hydrogen-bond donors (Lipinski definition) is 0. The highest BCUT2D eigenvalue weighted by Gasteiger charge is 2.30. The Hall–Kier alpha value is -1.93. The molecule has 1 saturated heterocycles. The van der Waals surface area contributed by atoms with Crippen LogP contribution in [-0.2, 0) is 10.0 Å². The van der Waals surface area contributed by atoms with Crippen molar-refractivity contribution in [1.82, 2.24) is 18.8 Å². The minimum atomic E-state index is -3.52. The van der Waals surface area contributed by atoms with E-state index in [4.69, 9.17) is 0 Å². The van der Waals surface area contributed by atoms with E-state index < -0.39 is 15.3 Å². The van der Waals surface area contributed by atoms with Gasteiger partial charge in [0, 0.05) is 32.2 Å². The zero-order valence-electron chi connectivity index (χ0n) is 16.5. The van der Waals surface area contributed by atoms with Crippen molar-refractivity contribution in [2.75, 3.05) is 26.2 Å². The van der Waals surface area contributed by atoms with Crippen molar-refractivity contribution >= 4 is 27.0 Å². The van der Waals surface area contributed by atoms with Gasteiger partial charge in [0.2, 0.25) is 10.0 Å². The van der Waals surface area contributed by atoms with E-state index in [2.05, 4.69) is 9.88 Å². The summed E-state index contributed by atoms with van der Waals surface area (Å²) in [7, 11) is -3.52. The first-order chi connectivity index (χ1) is 13.4. The number of imidazole rings is 1. The predicted octanol–water partition coefficient (Wildman–Crippen LogP) is 2.32. The number of para-hydroxylation sites is 1. The molecule has 2 aliphatic rings. The largest absolute Gasteiger partial charge is 0.336 e. The molecule has 1 amide bonds. The third-order valence-electron chi connectivity index (χ3n) is 6.09. The molecule has 0 unspecified atom stereocenters. The minimum absolute atomic E-state index is 0.0659. The third-order valence-corrected chi connectivity index (χ3v) is 8.12. The molecule has 1 aliphatic heterocycles. The lowest BCUT2D eigenvalue weighted by atomic mass is 10.1. The molecule has 2 fully saturated rings. The number of aromatic nitrogens is 2. The van der Waals surface area contributed by atoms with Crippen molar-refractivity contribution in [1.29, 1.82) is 0 Å². The maximum Gasteiger partial charge on any atom is 0.256 e. The highest BCUT2D eigenvalue weighted by Crippen LogP contribution is 2.26. The molecule has 1 aromatic carbocycles. The summed E-state index contributed by atoms with van der Waals surface area (Å²) in [6, 6.07) is 5.86. The number of hydrogen-bond acceptors (Lipinski definition) is 5. The van der Waals surface area contributed by atoms with Gasteiger partial charge in [0.1, 0.15) is 11.8 Å². The van der Waals surface area contributed by atoms with Crippen LogP contribution >= 0.6 is 0 Å². The van der Waals surface area contributed by atoms with Gasteiger partial charge in [-0.15, -0.1) is 0 Å². The number of nitrogens with zero attached hydrogens (tertiary/aromatic N) is 4. The summed E-state index contributed by atoms with van der Waals surface area (Å²) >= 11 is 0. The van der Waals surface area contributed by atoms with Crippen molar-refractivity contribution in [2.24, 2.45) is 0 Å². The summed E-state index contributed by atoms with van der Waals surface area (Å²) < 4.78 is 26.3. The Morgan fingerprint density at radius 1 is 1.11 bits per heavy atom. The lowest BCUT2D eigenvalue weighted by molar-refractivity contribution is 0.0575. The molecule has 152 valence electrons. The van der Waals surface area contributed by atoms with Crippen LogP contribution in [0.4, 0.5) is 0 Å². The van der Waals surface area contributed by atoms with Gasteiger partial charge < -0.3 is 4.90 Å². The molecule has 28 heavy (non-hydrogen) atoms. The number of carbonyl (C=O) groups is 1. The number of fused-ring (bicyclic) bond motifs is 1. The Labute approximate surface area is 166 Å². The first kappa shape index (κ1) is 19.4. The zero-order valence-corrected chi connectivity index (χ0v) is 17.4. The third kappa shape index (κ3) is 3.33. The highest BCUT2D eigenvalue weighted by atomic mass is 32.2. The molecule has 4 rings (SSSR count). The van der Waals surface area contributed by atoms with Crippen LogP contribution in [0.25, 0.3) is 11.0 Å².